The summed E-state index contributed by atoms with van der Waals surface area (Å²) < 4.78 is 28.8. The lowest BCUT2D eigenvalue weighted by Crippen LogP contribution is -2.61. The fourth-order valence-corrected chi connectivity index (χ4v) is 3.57. The van der Waals surface area contributed by atoms with Crippen LogP contribution in [0.1, 0.15) is 45.9 Å². The number of rotatable bonds is 2. The van der Waals surface area contributed by atoms with E-state index in [1.54, 1.807) is 24.6 Å². The highest BCUT2D eigenvalue weighted by Gasteiger charge is 2.36. The van der Waals surface area contributed by atoms with Crippen molar-refractivity contribution < 1.29 is 18.4 Å². The first kappa shape index (κ1) is 24.3. The van der Waals surface area contributed by atoms with E-state index in [0.717, 1.165) is 29.4 Å². The Morgan fingerprint density at radius 2 is 1.88 bits per heavy atom. The van der Waals surface area contributed by atoms with Crippen molar-refractivity contribution in [2.24, 2.45) is 0 Å². The van der Waals surface area contributed by atoms with Crippen molar-refractivity contribution in [2.45, 2.75) is 52.5 Å². The number of nitrogens with one attached hydrogen (secondary N) is 1. The fourth-order valence-electron chi connectivity index (χ4n) is 3.57. The van der Waals surface area contributed by atoms with Gasteiger partial charge in [-0.3, -0.25) is 9.59 Å². The molecule has 0 bridgehead atoms. The Kier molecular flexibility index (Phi) is 6.53. The molecule has 0 aliphatic carbocycles. The van der Waals surface area contributed by atoms with E-state index in [1.807, 2.05) is 13.0 Å². The molecule has 0 spiro atoms. The highest BCUT2D eigenvalue weighted by molar-refractivity contribution is 5.88. The minimum atomic E-state index is -0.681. The van der Waals surface area contributed by atoms with Crippen molar-refractivity contribution in [1.29, 1.82) is 0 Å². The van der Waals surface area contributed by atoms with E-state index in [-0.39, 0.29) is 16.9 Å². The first-order valence-electron chi connectivity index (χ1n) is 10.7. The van der Waals surface area contributed by atoms with Gasteiger partial charge in [-0.15, -0.1) is 0 Å². The number of nitrogens with zero attached hydrogens (tertiary/aromatic N) is 4. The molecule has 0 atom stereocenters. The summed E-state index contributed by atoms with van der Waals surface area (Å²) in [5.41, 5.74) is 2.46. The van der Waals surface area contributed by atoms with E-state index >= 15 is 0 Å². The van der Waals surface area contributed by atoms with Gasteiger partial charge < -0.3 is 10.2 Å². The van der Waals surface area contributed by atoms with E-state index in [0.29, 0.717) is 18.8 Å². The number of piperazine rings is 1. The summed E-state index contributed by atoms with van der Waals surface area (Å²) in [6.07, 6.45) is 2.52. The number of carbonyl (C=O) groups excluding carboxylic acids is 2. The van der Waals surface area contributed by atoms with Gasteiger partial charge in [0.15, 0.2) is 5.65 Å². The number of aryl methyl sites for hydroxylation is 1. The standard InChI is InChI=1S/C17H17F2N3.C7H12N2O2/c1-10-9-22-16(20-10)13(17(2,3)4)8-15(21-22)12-6-5-11(18)7-14(12)19;1-7(2)6(11)8-3-4-9(7)5-10/h5-9H,1-4H3;5H,3-4H2,1-2H3,(H,8,11). The molecule has 1 aromatic carbocycles. The van der Waals surface area contributed by atoms with Gasteiger partial charge in [0.05, 0.1) is 17.6 Å². The largest absolute Gasteiger partial charge is 0.352 e. The molecule has 0 unspecified atom stereocenters. The maximum absolute atomic E-state index is 14.1. The molecule has 33 heavy (non-hydrogen) atoms. The van der Waals surface area contributed by atoms with Gasteiger partial charge in [-0.25, -0.2) is 18.3 Å². The fraction of sp³-hybridized carbons (Fsp3) is 0.417. The van der Waals surface area contributed by atoms with Crippen LogP contribution in [0, 0.1) is 18.6 Å². The zero-order valence-electron chi connectivity index (χ0n) is 19.7. The van der Waals surface area contributed by atoms with E-state index in [2.05, 4.69) is 36.2 Å². The molecule has 1 fully saturated rings. The lowest BCUT2D eigenvalue weighted by atomic mass is 9.87. The van der Waals surface area contributed by atoms with Gasteiger partial charge in [-0.1, -0.05) is 20.8 Å². The molecule has 2 aromatic heterocycles. The summed E-state index contributed by atoms with van der Waals surface area (Å²) in [5, 5.41) is 7.12. The Bertz CT molecular complexity index is 1200. The Morgan fingerprint density at radius 1 is 1.18 bits per heavy atom. The third-order valence-electron chi connectivity index (χ3n) is 5.60. The highest BCUT2D eigenvalue weighted by Crippen LogP contribution is 2.30. The van der Waals surface area contributed by atoms with Crippen LogP contribution in [0.15, 0.2) is 30.5 Å². The minimum absolute atomic E-state index is 0.0872. The molecular weight excluding hydrogens is 428 g/mol. The lowest BCUT2D eigenvalue weighted by Gasteiger charge is -2.38. The number of imidazole rings is 1. The third-order valence-corrected chi connectivity index (χ3v) is 5.60. The molecule has 0 saturated carbocycles. The van der Waals surface area contributed by atoms with E-state index < -0.39 is 17.2 Å². The molecule has 0 radical (unpaired) electrons. The summed E-state index contributed by atoms with van der Waals surface area (Å²) in [6.45, 7) is 12.7. The number of hydrogen-bond donors (Lipinski definition) is 1. The molecule has 1 aliphatic rings. The average Bonchev–Trinajstić information content (AvgIpc) is 3.09. The quantitative estimate of drug-likeness (QED) is 0.596. The van der Waals surface area contributed by atoms with Crippen LogP contribution < -0.4 is 5.32 Å². The van der Waals surface area contributed by atoms with Gasteiger partial charge in [-0.2, -0.15) is 5.10 Å². The van der Waals surface area contributed by atoms with Crippen molar-refractivity contribution in [3.8, 4) is 11.3 Å². The molecule has 2 amide bonds. The second-order valence-corrected chi connectivity index (χ2v) is 9.58. The zero-order chi connectivity index (χ0) is 24.6. The minimum Gasteiger partial charge on any atom is -0.352 e. The summed E-state index contributed by atoms with van der Waals surface area (Å²) >= 11 is 0. The molecule has 3 aromatic rings. The average molecular weight is 458 g/mol. The first-order chi connectivity index (χ1) is 15.3. The van der Waals surface area contributed by atoms with Gasteiger partial charge >= 0.3 is 0 Å². The topological polar surface area (TPSA) is 79.6 Å². The molecule has 1 N–H and O–H groups in total. The van der Waals surface area contributed by atoms with Gasteiger partial charge in [0.1, 0.15) is 17.2 Å². The molecule has 7 nitrogen and oxygen atoms in total. The molecular formula is C24H29F2N5O2. The van der Waals surface area contributed by atoms with Crippen LogP contribution in [0.25, 0.3) is 16.9 Å². The van der Waals surface area contributed by atoms with Crippen LogP contribution in [-0.2, 0) is 15.0 Å². The smallest absolute Gasteiger partial charge is 0.245 e. The Hall–Kier alpha value is -3.36. The molecule has 176 valence electrons. The van der Waals surface area contributed by atoms with Crippen LogP contribution in [-0.4, -0.2) is 50.4 Å². The number of aromatic nitrogens is 3. The van der Waals surface area contributed by atoms with Crippen LogP contribution in [0.4, 0.5) is 8.78 Å². The van der Waals surface area contributed by atoms with Crippen LogP contribution in [0.2, 0.25) is 0 Å². The van der Waals surface area contributed by atoms with Crippen molar-refractivity contribution in [2.75, 3.05) is 13.1 Å². The van der Waals surface area contributed by atoms with E-state index in [4.69, 9.17) is 0 Å². The molecule has 4 rings (SSSR count). The van der Waals surface area contributed by atoms with E-state index in [1.165, 1.54) is 17.0 Å². The predicted octanol–water partition coefficient (Wildman–Crippen LogP) is 3.63. The van der Waals surface area contributed by atoms with Crippen LogP contribution in [0.5, 0.6) is 0 Å². The molecule has 9 heteroatoms. The number of hydrogen-bond acceptors (Lipinski definition) is 4. The van der Waals surface area contributed by atoms with Crippen molar-refractivity contribution in [1.82, 2.24) is 24.8 Å². The van der Waals surface area contributed by atoms with Crippen LogP contribution in [0.3, 0.4) is 0 Å². The summed E-state index contributed by atoms with van der Waals surface area (Å²) in [5.74, 6) is -1.31. The monoisotopic (exact) mass is 457 g/mol. The maximum atomic E-state index is 14.1. The Morgan fingerprint density at radius 3 is 2.45 bits per heavy atom. The number of amides is 2. The highest BCUT2D eigenvalue weighted by atomic mass is 19.1. The van der Waals surface area contributed by atoms with Gasteiger partial charge in [0.25, 0.3) is 0 Å². The lowest BCUT2D eigenvalue weighted by molar-refractivity contribution is -0.141. The number of fused-ring (bicyclic) bond motifs is 1. The first-order valence-corrected chi connectivity index (χ1v) is 10.7. The van der Waals surface area contributed by atoms with Crippen molar-refractivity contribution >= 4 is 18.0 Å². The van der Waals surface area contributed by atoms with Crippen LogP contribution >= 0.6 is 0 Å². The van der Waals surface area contributed by atoms with Gasteiger partial charge in [0, 0.05) is 30.3 Å². The maximum Gasteiger partial charge on any atom is 0.245 e. The van der Waals surface area contributed by atoms with Gasteiger partial charge in [-0.05, 0) is 44.4 Å². The summed E-state index contributed by atoms with van der Waals surface area (Å²) in [6, 6.07) is 5.35. The van der Waals surface area contributed by atoms with Crippen molar-refractivity contribution in [3.05, 3.63) is 53.4 Å². The Balaban J connectivity index is 0.000000235. The number of halogens is 2. The number of benzene rings is 1. The van der Waals surface area contributed by atoms with Crippen molar-refractivity contribution in [3.63, 3.8) is 0 Å². The normalized spacial score (nSPS) is 15.6. The third kappa shape index (κ3) is 5.02. The predicted molar refractivity (Wildman–Crippen MR) is 122 cm³/mol. The van der Waals surface area contributed by atoms with E-state index in [9.17, 15) is 18.4 Å². The molecule has 1 saturated heterocycles. The van der Waals surface area contributed by atoms with Gasteiger partial charge in [0.2, 0.25) is 12.3 Å². The second-order valence-electron chi connectivity index (χ2n) is 9.58. The summed E-state index contributed by atoms with van der Waals surface area (Å²) in [4.78, 5) is 27.6. The zero-order valence-corrected chi connectivity index (χ0v) is 19.7. The second kappa shape index (κ2) is 8.88. The molecule has 3 heterocycles. The Labute approximate surface area is 191 Å². The SMILES string of the molecule is CC1(C)C(=O)NCCN1C=O.Cc1cn2nc(-c3ccc(F)cc3F)cc(C(C)(C)C)c2n1. The summed E-state index contributed by atoms with van der Waals surface area (Å²) in [7, 11) is 0. The molecule has 1 aliphatic heterocycles. The number of carbonyl (C=O) groups is 2.